The second kappa shape index (κ2) is 6.30. The topological polar surface area (TPSA) is 74.2 Å². The minimum Gasteiger partial charge on any atom is -0.507 e. The molecule has 0 aromatic heterocycles. The molecule has 1 aliphatic heterocycles. The van der Waals surface area contributed by atoms with Crippen molar-refractivity contribution in [3.8, 4) is 11.5 Å². The average Bonchev–Trinajstić information content (AvgIpc) is 2.90. The van der Waals surface area contributed by atoms with Gasteiger partial charge in [-0.2, -0.15) is 0 Å². The number of carbonyl (C=O) groups is 1. The van der Waals surface area contributed by atoms with Gasteiger partial charge in [0.15, 0.2) is 5.79 Å². The summed E-state index contributed by atoms with van der Waals surface area (Å²) in [4.78, 5) is 11.7. The first-order chi connectivity index (χ1) is 11.4. The third kappa shape index (κ3) is 3.44. The number of rotatable bonds is 4. The lowest BCUT2D eigenvalue weighted by Gasteiger charge is -2.17. The van der Waals surface area contributed by atoms with Crippen molar-refractivity contribution < 1.29 is 28.8 Å². The minimum absolute atomic E-state index is 0.109. The summed E-state index contributed by atoms with van der Waals surface area (Å²) in [6, 6.07) is 8.55. The monoisotopic (exact) mass is 332 g/mol. The maximum absolute atomic E-state index is 11.7. The Labute approximate surface area is 139 Å². The molecule has 1 aliphatic rings. The molecule has 1 heterocycles. The molecule has 3 rings (SSSR count). The molecule has 6 nitrogen and oxygen atoms in total. The Bertz CT molecular complexity index is 767. The lowest BCUT2D eigenvalue weighted by Crippen LogP contribution is -2.25. The van der Waals surface area contributed by atoms with Crippen molar-refractivity contribution in [1.29, 1.82) is 0 Å². The number of phenolic OH excluding ortho intramolecular Hbond substituents is 1. The van der Waals surface area contributed by atoms with E-state index < -0.39 is 11.8 Å². The van der Waals surface area contributed by atoms with Crippen LogP contribution in [0.15, 0.2) is 30.3 Å². The van der Waals surface area contributed by atoms with Gasteiger partial charge in [-0.3, -0.25) is 0 Å². The Morgan fingerprint density at radius 1 is 1.29 bits per heavy atom. The van der Waals surface area contributed by atoms with Crippen molar-refractivity contribution in [3.05, 3.63) is 35.9 Å². The molecule has 1 fully saturated rings. The molecule has 0 spiro atoms. The number of fused-ring (bicyclic) bond motifs is 1. The predicted molar refractivity (Wildman–Crippen MR) is 87.4 cm³/mol. The van der Waals surface area contributed by atoms with Gasteiger partial charge >= 0.3 is 5.97 Å². The van der Waals surface area contributed by atoms with E-state index in [-0.39, 0.29) is 17.4 Å². The molecular formula is C18H20O6. The third-order valence-corrected chi connectivity index (χ3v) is 3.83. The fourth-order valence-electron chi connectivity index (χ4n) is 2.66. The Balaban J connectivity index is 1.77. The lowest BCUT2D eigenvalue weighted by molar-refractivity contribution is -0.141. The fraction of sp³-hybridized carbons (Fsp3) is 0.389. The van der Waals surface area contributed by atoms with Crippen molar-refractivity contribution in [1.82, 2.24) is 0 Å². The van der Waals surface area contributed by atoms with Crippen LogP contribution in [0.3, 0.4) is 0 Å². The van der Waals surface area contributed by atoms with Crippen LogP contribution in [-0.4, -0.2) is 43.3 Å². The molecular weight excluding hydrogens is 312 g/mol. The zero-order valence-corrected chi connectivity index (χ0v) is 13.9. The van der Waals surface area contributed by atoms with Gasteiger partial charge in [0.2, 0.25) is 0 Å². The summed E-state index contributed by atoms with van der Waals surface area (Å²) in [5.41, 5.74) is 0.122. The lowest BCUT2D eigenvalue weighted by atomic mass is 10.1. The number of phenols is 1. The largest absolute Gasteiger partial charge is 0.507 e. The van der Waals surface area contributed by atoms with Crippen molar-refractivity contribution in [2.24, 2.45) is 0 Å². The van der Waals surface area contributed by atoms with E-state index in [1.165, 1.54) is 13.2 Å². The maximum atomic E-state index is 11.7. The molecule has 24 heavy (non-hydrogen) atoms. The number of aromatic hydroxyl groups is 1. The van der Waals surface area contributed by atoms with Crippen LogP contribution < -0.4 is 4.74 Å². The summed E-state index contributed by atoms with van der Waals surface area (Å²) in [7, 11) is 1.27. The smallest absolute Gasteiger partial charge is 0.341 e. The van der Waals surface area contributed by atoms with Crippen LogP contribution in [0.2, 0.25) is 0 Å². The minimum atomic E-state index is -0.584. The van der Waals surface area contributed by atoms with Gasteiger partial charge in [-0.15, -0.1) is 0 Å². The highest BCUT2D eigenvalue weighted by Gasteiger charge is 2.32. The highest BCUT2D eigenvalue weighted by atomic mass is 16.7. The van der Waals surface area contributed by atoms with Gasteiger partial charge in [0.25, 0.3) is 0 Å². The number of hydrogen-bond acceptors (Lipinski definition) is 6. The summed E-state index contributed by atoms with van der Waals surface area (Å²) in [6.45, 7) is 4.59. The summed E-state index contributed by atoms with van der Waals surface area (Å²) in [5.74, 6) is -0.622. The first-order valence-electron chi connectivity index (χ1n) is 7.67. The quantitative estimate of drug-likeness (QED) is 0.868. The molecule has 1 atom stereocenters. The van der Waals surface area contributed by atoms with Gasteiger partial charge in [0.05, 0.1) is 13.7 Å². The fourth-order valence-corrected chi connectivity index (χ4v) is 2.66. The van der Waals surface area contributed by atoms with Crippen molar-refractivity contribution in [2.75, 3.05) is 20.3 Å². The number of ether oxygens (including phenoxy) is 4. The number of esters is 1. The molecule has 0 bridgehead atoms. The van der Waals surface area contributed by atoms with E-state index in [4.69, 9.17) is 14.2 Å². The Morgan fingerprint density at radius 2 is 2.08 bits per heavy atom. The number of methoxy groups -OCH3 is 1. The van der Waals surface area contributed by atoms with E-state index in [0.717, 1.165) is 10.8 Å². The molecule has 2 aromatic rings. The molecule has 0 radical (unpaired) electrons. The highest BCUT2D eigenvalue weighted by molar-refractivity contribution is 5.98. The van der Waals surface area contributed by atoms with Crippen LogP contribution in [0.4, 0.5) is 0 Å². The average molecular weight is 332 g/mol. The first kappa shape index (κ1) is 16.5. The Hall–Kier alpha value is -2.31. The molecule has 0 unspecified atom stereocenters. The van der Waals surface area contributed by atoms with Gasteiger partial charge in [0.1, 0.15) is 29.8 Å². The van der Waals surface area contributed by atoms with Crippen molar-refractivity contribution in [3.63, 3.8) is 0 Å². The normalized spacial score (nSPS) is 19.4. The van der Waals surface area contributed by atoms with Gasteiger partial charge in [-0.25, -0.2) is 4.79 Å². The van der Waals surface area contributed by atoms with E-state index in [1.54, 1.807) is 12.1 Å². The zero-order chi connectivity index (χ0) is 17.3. The first-order valence-corrected chi connectivity index (χ1v) is 7.67. The second-order valence-corrected chi connectivity index (χ2v) is 6.13. The van der Waals surface area contributed by atoms with Crippen LogP contribution >= 0.6 is 0 Å². The number of hydrogen-bond donors (Lipinski definition) is 1. The molecule has 6 heteroatoms. The molecule has 0 aliphatic carbocycles. The van der Waals surface area contributed by atoms with E-state index >= 15 is 0 Å². The second-order valence-electron chi connectivity index (χ2n) is 6.13. The van der Waals surface area contributed by atoms with Crippen molar-refractivity contribution in [2.45, 2.75) is 25.7 Å². The molecule has 1 saturated heterocycles. The molecule has 0 saturated carbocycles. The van der Waals surface area contributed by atoms with Crippen LogP contribution in [0.5, 0.6) is 11.5 Å². The Kier molecular flexibility index (Phi) is 4.34. The standard InChI is InChI=1S/C18H20O6/c1-18(2)23-10-14(24-18)9-22-13-5-4-11-8-16(19)15(17(20)21-3)7-12(11)6-13/h4-8,14,19H,9-10H2,1-3H3/t14-/m0/s1. The van der Waals surface area contributed by atoms with Crippen LogP contribution in [-0.2, 0) is 14.2 Å². The zero-order valence-electron chi connectivity index (χ0n) is 13.9. The van der Waals surface area contributed by atoms with E-state index in [0.29, 0.717) is 19.0 Å². The molecule has 2 aromatic carbocycles. The molecule has 128 valence electrons. The van der Waals surface area contributed by atoms with Gasteiger partial charge in [0, 0.05) is 0 Å². The predicted octanol–water partition coefficient (Wildman–Crippen LogP) is 2.86. The van der Waals surface area contributed by atoms with E-state index in [2.05, 4.69) is 4.74 Å². The summed E-state index contributed by atoms with van der Waals surface area (Å²) >= 11 is 0. The van der Waals surface area contributed by atoms with Crippen LogP contribution in [0.25, 0.3) is 10.8 Å². The summed E-state index contributed by atoms with van der Waals surface area (Å²) < 4.78 is 21.6. The van der Waals surface area contributed by atoms with E-state index in [9.17, 15) is 9.90 Å². The molecule has 1 N–H and O–H groups in total. The summed E-state index contributed by atoms with van der Waals surface area (Å²) in [6.07, 6.45) is -0.124. The van der Waals surface area contributed by atoms with Gasteiger partial charge in [-0.1, -0.05) is 6.07 Å². The SMILES string of the molecule is COC(=O)c1cc2cc(OC[C@H]3COC(C)(C)O3)ccc2cc1O. The maximum Gasteiger partial charge on any atom is 0.341 e. The van der Waals surface area contributed by atoms with Crippen molar-refractivity contribution >= 4 is 16.7 Å². The molecule has 0 amide bonds. The number of benzene rings is 2. The Morgan fingerprint density at radius 3 is 2.75 bits per heavy atom. The van der Waals surface area contributed by atoms with E-state index in [1.807, 2.05) is 26.0 Å². The highest BCUT2D eigenvalue weighted by Crippen LogP contribution is 2.29. The van der Waals surface area contributed by atoms with Gasteiger partial charge in [-0.05, 0) is 48.9 Å². The van der Waals surface area contributed by atoms with Gasteiger partial charge < -0.3 is 24.1 Å². The van der Waals surface area contributed by atoms with Crippen LogP contribution in [0.1, 0.15) is 24.2 Å². The summed E-state index contributed by atoms with van der Waals surface area (Å²) in [5, 5.41) is 11.5. The third-order valence-electron chi connectivity index (χ3n) is 3.83. The van der Waals surface area contributed by atoms with Crippen LogP contribution in [0, 0.1) is 0 Å². The number of carbonyl (C=O) groups excluding carboxylic acids is 1.